The van der Waals surface area contributed by atoms with Gasteiger partial charge in [0.2, 0.25) is 0 Å². The second-order valence-electron chi connectivity index (χ2n) is 8.84. The highest BCUT2D eigenvalue weighted by atomic mass is 35.5. The molecule has 0 saturated heterocycles. The van der Waals surface area contributed by atoms with Crippen LogP contribution in [-0.4, -0.2) is 21.2 Å². The monoisotopic (exact) mass is 423 g/mol. The fraction of sp³-hybridized carbons (Fsp3) is 0.320. The molecule has 1 atom stereocenters. The fourth-order valence-electron chi connectivity index (χ4n) is 4.37. The number of carboxylic acid groups (broad SMARTS) is 1. The number of aryl methyl sites for hydroxylation is 1. The summed E-state index contributed by atoms with van der Waals surface area (Å²) in [5.41, 5.74) is 6.19. The van der Waals surface area contributed by atoms with Crippen LogP contribution in [0.15, 0.2) is 36.4 Å². The van der Waals surface area contributed by atoms with Gasteiger partial charge < -0.3 is 14.4 Å². The highest BCUT2D eigenvalue weighted by molar-refractivity contribution is 6.30. The van der Waals surface area contributed by atoms with E-state index in [0.29, 0.717) is 10.6 Å². The van der Waals surface area contributed by atoms with Crippen molar-refractivity contribution in [3.05, 3.63) is 63.8 Å². The molecule has 156 valence electrons. The maximum Gasteiger partial charge on any atom is 0.337 e. The Kier molecular flexibility index (Phi) is 5.03. The van der Waals surface area contributed by atoms with E-state index in [1.807, 2.05) is 52.0 Å². The minimum Gasteiger partial charge on any atom is -0.479 e. The zero-order valence-corrected chi connectivity index (χ0v) is 18.7. The van der Waals surface area contributed by atoms with Crippen molar-refractivity contribution in [3.63, 3.8) is 0 Å². The van der Waals surface area contributed by atoms with Crippen LogP contribution in [0.25, 0.3) is 28.1 Å². The van der Waals surface area contributed by atoms with Gasteiger partial charge in [-0.15, -0.1) is 0 Å². The van der Waals surface area contributed by atoms with Crippen LogP contribution in [0.2, 0.25) is 5.02 Å². The third-order valence-corrected chi connectivity index (χ3v) is 5.82. The van der Waals surface area contributed by atoms with Crippen LogP contribution in [-0.2, 0) is 16.1 Å². The van der Waals surface area contributed by atoms with Gasteiger partial charge in [0.1, 0.15) is 0 Å². The summed E-state index contributed by atoms with van der Waals surface area (Å²) in [6.45, 7) is 10.5. The first-order chi connectivity index (χ1) is 14.1. The number of aromatic nitrogens is 1. The van der Waals surface area contributed by atoms with Gasteiger partial charge in [-0.2, -0.15) is 0 Å². The molecule has 0 unspecified atom stereocenters. The Morgan fingerprint density at radius 3 is 2.47 bits per heavy atom. The molecule has 0 amide bonds. The first-order valence-electron chi connectivity index (χ1n) is 10.1. The van der Waals surface area contributed by atoms with Gasteiger partial charge in [-0.05, 0) is 69.5 Å². The van der Waals surface area contributed by atoms with Crippen LogP contribution in [0.4, 0.5) is 0 Å². The second kappa shape index (κ2) is 7.29. The molecule has 0 bridgehead atoms. The number of ether oxygens (including phenoxy) is 1. The Balaban J connectivity index is 2.14. The summed E-state index contributed by atoms with van der Waals surface area (Å²) < 4.78 is 8.38. The summed E-state index contributed by atoms with van der Waals surface area (Å²) in [4.78, 5) is 12.4. The number of carboxylic acids is 1. The lowest BCUT2D eigenvalue weighted by Gasteiger charge is -2.29. The highest BCUT2D eigenvalue weighted by Crippen LogP contribution is 2.45. The van der Waals surface area contributed by atoms with E-state index >= 15 is 0 Å². The number of carbonyl (C=O) groups is 1. The lowest BCUT2D eigenvalue weighted by Crippen LogP contribution is -2.28. The van der Waals surface area contributed by atoms with Crippen LogP contribution >= 0.6 is 11.6 Å². The largest absolute Gasteiger partial charge is 0.479 e. The van der Waals surface area contributed by atoms with E-state index in [-0.39, 0.29) is 0 Å². The molecule has 2 aromatic carbocycles. The molecule has 30 heavy (non-hydrogen) atoms. The number of aliphatic carboxylic acids is 1. The van der Waals surface area contributed by atoms with Crippen molar-refractivity contribution >= 4 is 34.5 Å². The van der Waals surface area contributed by atoms with Gasteiger partial charge in [0.05, 0.1) is 11.1 Å². The van der Waals surface area contributed by atoms with Crippen LogP contribution < -0.4 is 0 Å². The number of hydrogen-bond donors (Lipinski definition) is 1. The molecule has 0 fully saturated rings. The van der Waals surface area contributed by atoms with Crippen LogP contribution in [0.3, 0.4) is 0 Å². The Hall–Kier alpha value is -2.56. The summed E-state index contributed by atoms with van der Waals surface area (Å²) >= 11 is 6.14. The Labute approximate surface area is 181 Å². The van der Waals surface area contributed by atoms with Crippen LogP contribution in [0.1, 0.15) is 49.3 Å². The van der Waals surface area contributed by atoms with E-state index in [4.69, 9.17) is 16.3 Å². The minimum absolute atomic E-state index is 0.614. The van der Waals surface area contributed by atoms with E-state index in [2.05, 4.69) is 29.7 Å². The Bertz CT molecular complexity index is 1180. The zero-order chi connectivity index (χ0) is 21.8. The average Bonchev–Trinajstić information content (AvgIpc) is 3.00. The van der Waals surface area contributed by atoms with E-state index in [0.717, 1.165) is 45.4 Å². The molecular weight excluding hydrogens is 398 g/mol. The minimum atomic E-state index is -1.09. The van der Waals surface area contributed by atoms with Gasteiger partial charge in [0.25, 0.3) is 0 Å². The molecule has 4 rings (SSSR count). The molecule has 0 aliphatic carbocycles. The summed E-state index contributed by atoms with van der Waals surface area (Å²) in [5, 5.41) is 11.9. The number of nitrogens with zero attached hydrogens (tertiary/aromatic N) is 1. The Morgan fingerprint density at radius 1 is 1.20 bits per heavy atom. The standard InChI is InChI=1S/C25H26ClNO3/c1-14-13-19-21(16-8-10-17(26)11-9-16)20(23(24(28)29)30-25(3,4)5)15(2)18-7-6-12-27(14)22(18)19/h6-11,13,23H,12H2,1-5H3,(H,28,29)/t23-/m0/s1. The van der Waals surface area contributed by atoms with E-state index in [1.165, 1.54) is 0 Å². The SMILES string of the molecule is Cc1c([C@H](OC(C)(C)C)C(=O)O)c(-c2ccc(Cl)cc2)c2cc(C)n3c2c1C=CC3. The molecule has 0 saturated carbocycles. The first kappa shape index (κ1) is 20.7. The molecule has 1 aliphatic rings. The normalized spacial score (nSPS) is 14.3. The molecule has 1 aliphatic heterocycles. The second-order valence-corrected chi connectivity index (χ2v) is 9.28. The number of hydrogen-bond acceptors (Lipinski definition) is 2. The fourth-order valence-corrected chi connectivity index (χ4v) is 4.50. The van der Waals surface area contributed by atoms with Gasteiger partial charge >= 0.3 is 5.97 Å². The third kappa shape index (κ3) is 3.44. The molecule has 5 heteroatoms. The summed E-state index contributed by atoms with van der Waals surface area (Å²) in [6, 6.07) is 9.72. The van der Waals surface area contributed by atoms with Crippen molar-refractivity contribution < 1.29 is 14.6 Å². The first-order valence-corrected chi connectivity index (χ1v) is 10.5. The molecule has 0 radical (unpaired) electrons. The number of benzene rings is 2. The van der Waals surface area contributed by atoms with Crippen LogP contribution in [0.5, 0.6) is 0 Å². The molecule has 3 aromatic rings. The molecular formula is C25H26ClNO3. The molecule has 0 spiro atoms. The lowest BCUT2D eigenvalue weighted by molar-refractivity contribution is -0.160. The van der Waals surface area contributed by atoms with Crippen molar-refractivity contribution in [1.29, 1.82) is 0 Å². The highest BCUT2D eigenvalue weighted by Gasteiger charge is 2.33. The molecule has 1 aromatic heterocycles. The zero-order valence-electron chi connectivity index (χ0n) is 17.9. The maximum absolute atomic E-state index is 12.4. The number of allylic oxidation sites excluding steroid dienone is 1. The van der Waals surface area contributed by atoms with Crippen molar-refractivity contribution in [2.24, 2.45) is 0 Å². The third-order valence-electron chi connectivity index (χ3n) is 5.57. The number of rotatable bonds is 4. The molecule has 4 nitrogen and oxygen atoms in total. The van der Waals surface area contributed by atoms with Gasteiger partial charge in [-0.1, -0.05) is 35.9 Å². The van der Waals surface area contributed by atoms with Crippen molar-refractivity contribution in [3.8, 4) is 11.1 Å². The topological polar surface area (TPSA) is 51.5 Å². The molecule has 2 heterocycles. The van der Waals surface area contributed by atoms with E-state index in [1.54, 1.807) is 0 Å². The van der Waals surface area contributed by atoms with Crippen molar-refractivity contribution in [1.82, 2.24) is 4.57 Å². The summed E-state index contributed by atoms with van der Waals surface area (Å²) in [6.07, 6.45) is 3.13. The van der Waals surface area contributed by atoms with E-state index < -0.39 is 17.7 Å². The van der Waals surface area contributed by atoms with Gasteiger partial charge in [-0.3, -0.25) is 0 Å². The average molecular weight is 424 g/mol. The van der Waals surface area contributed by atoms with Crippen molar-refractivity contribution in [2.45, 2.75) is 52.9 Å². The van der Waals surface area contributed by atoms with E-state index in [9.17, 15) is 9.90 Å². The maximum atomic E-state index is 12.4. The predicted molar refractivity (Wildman–Crippen MR) is 122 cm³/mol. The van der Waals surface area contributed by atoms with Crippen molar-refractivity contribution in [2.75, 3.05) is 0 Å². The summed E-state index contributed by atoms with van der Waals surface area (Å²) in [7, 11) is 0. The quantitative estimate of drug-likeness (QED) is 0.517. The van der Waals surface area contributed by atoms with Gasteiger partial charge in [0, 0.05) is 33.8 Å². The van der Waals surface area contributed by atoms with Gasteiger partial charge in [-0.25, -0.2) is 4.79 Å². The molecule has 1 N–H and O–H groups in total. The Morgan fingerprint density at radius 2 is 1.87 bits per heavy atom. The summed E-state index contributed by atoms with van der Waals surface area (Å²) in [5.74, 6) is -0.995. The smallest absolute Gasteiger partial charge is 0.337 e. The van der Waals surface area contributed by atoms with Gasteiger partial charge in [0.15, 0.2) is 6.10 Å². The van der Waals surface area contributed by atoms with Crippen LogP contribution in [0, 0.1) is 13.8 Å². The number of halogens is 1. The lowest BCUT2D eigenvalue weighted by atomic mass is 9.85. The predicted octanol–water partition coefficient (Wildman–Crippen LogP) is 6.55.